The summed E-state index contributed by atoms with van der Waals surface area (Å²) in [5.41, 5.74) is 5.81. The van der Waals surface area contributed by atoms with E-state index in [1.54, 1.807) is 16.7 Å². The summed E-state index contributed by atoms with van der Waals surface area (Å²) in [6, 6.07) is 7.74. The Kier molecular flexibility index (Phi) is 6.48. The zero-order chi connectivity index (χ0) is 20.6. The van der Waals surface area contributed by atoms with Gasteiger partial charge in [0.15, 0.2) is 0 Å². The van der Waals surface area contributed by atoms with Gasteiger partial charge in [-0.1, -0.05) is 65.7 Å². The Balaban J connectivity index is 0.000000994. The molecule has 7 atom stereocenters. The molecule has 5 rings (SSSR count). The Labute approximate surface area is 181 Å². The summed E-state index contributed by atoms with van der Waals surface area (Å²) in [7, 11) is 0. The second-order valence-electron chi connectivity index (χ2n) is 11.4. The van der Waals surface area contributed by atoms with E-state index in [9.17, 15) is 0 Å². The van der Waals surface area contributed by atoms with Crippen LogP contribution in [0.2, 0.25) is 0 Å². The fraction of sp³-hybridized carbons (Fsp3) is 0.793. The molecule has 0 amide bonds. The van der Waals surface area contributed by atoms with Gasteiger partial charge in [0.1, 0.15) is 0 Å². The van der Waals surface area contributed by atoms with Crippen molar-refractivity contribution in [2.45, 2.75) is 111 Å². The molecule has 162 valence electrons. The zero-order valence-electron chi connectivity index (χ0n) is 20.0. The molecule has 1 aromatic rings. The van der Waals surface area contributed by atoms with E-state index in [0.29, 0.717) is 5.41 Å². The molecule has 4 aliphatic carbocycles. The summed E-state index contributed by atoms with van der Waals surface area (Å²) >= 11 is 0. The van der Waals surface area contributed by atoms with Gasteiger partial charge in [0.25, 0.3) is 0 Å². The Bertz CT molecular complexity index is 687. The summed E-state index contributed by atoms with van der Waals surface area (Å²) in [4.78, 5) is 0. The van der Waals surface area contributed by atoms with Gasteiger partial charge in [0.05, 0.1) is 0 Å². The van der Waals surface area contributed by atoms with E-state index >= 15 is 0 Å². The van der Waals surface area contributed by atoms with Crippen molar-refractivity contribution >= 4 is 0 Å². The maximum Gasteiger partial charge on any atom is -0.0128 e. The fourth-order valence-electron chi connectivity index (χ4n) is 8.09. The summed E-state index contributed by atoms with van der Waals surface area (Å²) in [5, 5.41) is 0. The first kappa shape index (κ1) is 21.5. The largest absolute Gasteiger partial charge is 0.0683 e. The minimum absolute atomic E-state index is 0.687. The van der Waals surface area contributed by atoms with Crippen molar-refractivity contribution in [2.75, 3.05) is 0 Å². The molecule has 0 aromatic heterocycles. The molecule has 0 radical (unpaired) electrons. The third kappa shape index (κ3) is 4.07. The summed E-state index contributed by atoms with van der Waals surface area (Å²) in [5.74, 6) is 5.67. The first-order valence-corrected chi connectivity index (χ1v) is 13.2. The monoisotopic (exact) mass is 394 g/mol. The summed E-state index contributed by atoms with van der Waals surface area (Å²) in [6.45, 7) is 11.6. The molecule has 4 aliphatic rings. The van der Waals surface area contributed by atoms with Gasteiger partial charge in [-0.2, -0.15) is 0 Å². The minimum Gasteiger partial charge on any atom is -0.0683 e. The molecule has 0 heterocycles. The molecule has 0 bridgehead atoms. The maximum atomic E-state index is 2.64. The number of hydrogen-bond donors (Lipinski definition) is 0. The Morgan fingerprint density at radius 1 is 0.966 bits per heavy atom. The molecule has 1 aromatic carbocycles. The molecule has 0 aliphatic heterocycles. The third-order valence-electron chi connectivity index (χ3n) is 9.68. The maximum absolute atomic E-state index is 2.64. The number of rotatable bonds is 2. The van der Waals surface area contributed by atoms with Crippen LogP contribution in [0.1, 0.15) is 115 Å². The van der Waals surface area contributed by atoms with E-state index in [1.165, 1.54) is 70.6 Å². The van der Waals surface area contributed by atoms with Crippen LogP contribution in [-0.4, -0.2) is 0 Å². The fourth-order valence-corrected chi connectivity index (χ4v) is 8.09. The molecule has 29 heavy (non-hydrogen) atoms. The second kappa shape index (κ2) is 8.76. The third-order valence-corrected chi connectivity index (χ3v) is 9.68. The lowest BCUT2D eigenvalue weighted by Crippen LogP contribution is -2.39. The first-order valence-electron chi connectivity index (χ1n) is 13.2. The Hall–Kier alpha value is -0.780. The number of benzene rings is 1. The SMILES string of the molecule is CC.CC1CCC(Cc2ccc3c(c2)CCC2C3CCC3(C)CCCC23)C(C)C1. The molecular formula is C29H46. The summed E-state index contributed by atoms with van der Waals surface area (Å²) < 4.78 is 0. The normalized spacial score (nSPS) is 40.9. The Morgan fingerprint density at radius 2 is 1.79 bits per heavy atom. The average molecular weight is 395 g/mol. The van der Waals surface area contributed by atoms with E-state index in [1.807, 2.05) is 13.8 Å². The van der Waals surface area contributed by atoms with E-state index in [2.05, 4.69) is 39.0 Å². The van der Waals surface area contributed by atoms with Crippen molar-refractivity contribution in [1.29, 1.82) is 0 Å². The van der Waals surface area contributed by atoms with Gasteiger partial charge in [0, 0.05) is 0 Å². The van der Waals surface area contributed by atoms with Crippen molar-refractivity contribution in [1.82, 2.24) is 0 Å². The van der Waals surface area contributed by atoms with Gasteiger partial charge in [-0.3, -0.25) is 0 Å². The van der Waals surface area contributed by atoms with Gasteiger partial charge < -0.3 is 0 Å². The lowest BCUT2D eigenvalue weighted by molar-refractivity contribution is 0.0598. The smallest absolute Gasteiger partial charge is 0.0128 e. The van der Waals surface area contributed by atoms with Crippen LogP contribution in [0, 0.1) is 35.0 Å². The van der Waals surface area contributed by atoms with Gasteiger partial charge in [0.2, 0.25) is 0 Å². The van der Waals surface area contributed by atoms with Crippen molar-refractivity contribution in [2.24, 2.45) is 35.0 Å². The standard InChI is InChI=1S/C27H40.C2H6/c1-18-6-8-21(19(2)15-18)16-20-7-10-23-22(17-20)9-11-25-24(23)12-14-27(3)13-4-5-26(25)27;1-2/h7,10,17-19,21,24-26H,4-6,8-9,11-16H2,1-3H3;1-2H3. The predicted octanol–water partition coefficient (Wildman–Crippen LogP) is 8.57. The minimum atomic E-state index is 0.687. The quantitative estimate of drug-likeness (QED) is 0.471. The van der Waals surface area contributed by atoms with Crippen LogP contribution in [0.3, 0.4) is 0 Å². The number of aryl methyl sites for hydroxylation is 1. The zero-order valence-corrected chi connectivity index (χ0v) is 20.0. The van der Waals surface area contributed by atoms with E-state index in [4.69, 9.17) is 0 Å². The molecule has 3 fully saturated rings. The molecule has 3 saturated carbocycles. The topological polar surface area (TPSA) is 0 Å². The van der Waals surface area contributed by atoms with Gasteiger partial charge in [-0.15, -0.1) is 0 Å². The molecule has 0 nitrogen and oxygen atoms in total. The molecule has 0 spiro atoms. The van der Waals surface area contributed by atoms with Crippen molar-refractivity contribution < 1.29 is 0 Å². The van der Waals surface area contributed by atoms with Crippen LogP contribution >= 0.6 is 0 Å². The molecule has 0 N–H and O–H groups in total. The summed E-state index contributed by atoms with van der Waals surface area (Å²) in [6.07, 6.45) is 16.0. The predicted molar refractivity (Wildman–Crippen MR) is 126 cm³/mol. The molecule has 7 unspecified atom stereocenters. The number of hydrogen-bond acceptors (Lipinski definition) is 0. The average Bonchev–Trinajstić information content (AvgIpc) is 3.13. The molecule has 0 heteroatoms. The highest BCUT2D eigenvalue weighted by atomic mass is 14.5. The second-order valence-corrected chi connectivity index (χ2v) is 11.4. The highest BCUT2D eigenvalue weighted by Crippen LogP contribution is 2.60. The van der Waals surface area contributed by atoms with Crippen LogP contribution in [0.25, 0.3) is 0 Å². The van der Waals surface area contributed by atoms with E-state index in [-0.39, 0.29) is 0 Å². The lowest BCUT2D eigenvalue weighted by Gasteiger charge is -2.49. The van der Waals surface area contributed by atoms with Crippen LogP contribution in [0.4, 0.5) is 0 Å². The highest BCUT2D eigenvalue weighted by Gasteiger charge is 2.50. The molecule has 0 saturated heterocycles. The number of fused-ring (bicyclic) bond motifs is 5. The van der Waals surface area contributed by atoms with E-state index in [0.717, 1.165) is 35.5 Å². The van der Waals surface area contributed by atoms with Crippen LogP contribution in [0.5, 0.6) is 0 Å². The van der Waals surface area contributed by atoms with Crippen LogP contribution in [0.15, 0.2) is 18.2 Å². The Morgan fingerprint density at radius 3 is 2.59 bits per heavy atom. The van der Waals surface area contributed by atoms with Crippen LogP contribution in [-0.2, 0) is 12.8 Å². The van der Waals surface area contributed by atoms with Gasteiger partial charge >= 0.3 is 0 Å². The van der Waals surface area contributed by atoms with E-state index < -0.39 is 0 Å². The van der Waals surface area contributed by atoms with Crippen molar-refractivity contribution in [3.05, 3.63) is 34.9 Å². The highest BCUT2D eigenvalue weighted by molar-refractivity contribution is 5.38. The van der Waals surface area contributed by atoms with Gasteiger partial charge in [-0.05, 0) is 115 Å². The van der Waals surface area contributed by atoms with Crippen molar-refractivity contribution in [3.8, 4) is 0 Å². The first-order chi connectivity index (χ1) is 14.0. The lowest BCUT2D eigenvalue weighted by atomic mass is 9.56. The van der Waals surface area contributed by atoms with Gasteiger partial charge in [-0.25, -0.2) is 0 Å². The molecular weight excluding hydrogens is 348 g/mol. The van der Waals surface area contributed by atoms with Crippen molar-refractivity contribution in [3.63, 3.8) is 0 Å². The van der Waals surface area contributed by atoms with Crippen LogP contribution < -0.4 is 0 Å².